The maximum Gasteiger partial charge on any atom is 0.312 e. The number of esters is 1. The van der Waals surface area contributed by atoms with Gasteiger partial charge in [0.1, 0.15) is 11.6 Å². The molecule has 5 atom stereocenters. The molecule has 2 amide bonds. The van der Waals surface area contributed by atoms with Crippen LogP contribution in [0.15, 0.2) is 43.5 Å². The van der Waals surface area contributed by atoms with Crippen LogP contribution in [0.2, 0.25) is 5.02 Å². The van der Waals surface area contributed by atoms with Gasteiger partial charge in [-0.2, -0.15) is 0 Å². The van der Waals surface area contributed by atoms with E-state index >= 15 is 0 Å². The normalized spacial score (nSPS) is 27.8. The van der Waals surface area contributed by atoms with Gasteiger partial charge in [-0.1, -0.05) is 35.9 Å². The fourth-order valence-corrected chi connectivity index (χ4v) is 6.57. The molecule has 1 aromatic rings. The molecular formula is C28H35ClN2O6. The zero-order valence-electron chi connectivity index (χ0n) is 21.2. The minimum atomic E-state index is -1.17. The predicted octanol–water partition coefficient (Wildman–Crippen LogP) is 3.43. The second-order valence-corrected chi connectivity index (χ2v) is 10.3. The van der Waals surface area contributed by atoms with Crippen LogP contribution in [0.3, 0.4) is 0 Å². The number of ether oxygens (including phenoxy) is 2. The first-order chi connectivity index (χ1) is 17.8. The topological polar surface area (TPSA) is 96.4 Å². The third-order valence-corrected chi connectivity index (χ3v) is 8.04. The minimum Gasteiger partial charge on any atom is -0.465 e. The molecule has 200 valence electrons. The van der Waals surface area contributed by atoms with Crippen LogP contribution >= 0.6 is 11.6 Å². The van der Waals surface area contributed by atoms with E-state index in [0.717, 1.165) is 18.4 Å². The highest BCUT2D eigenvalue weighted by Gasteiger charge is 2.75. The monoisotopic (exact) mass is 530 g/mol. The van der Waals surface area contributed by atoms with Gasteiger partial charge >= 0.3 is 5.97 Å². The number of fused-ring (bicyclic) bond motifs is 1. The SMILES string of the molecule is C=CCCCCOC(=O)[C@@H]1[C@@H]2CCC3(O2)C(C(=O)N(CC=C)c2c(C)cccc2Cl)N(CCO)C(=O)[C@H]13. The van der Waals surface area contributed by atoms with Gasteiger partial charge in [0.15, 0.2) is 0 Å². The van der Waals surface area contributed by atoms with Crippen LogP contribution in [0, 0.1) is 18.8 Å². The molecular weight excluding hydrogens is 496 g/mol. The molecule has 0 aliphatic carbocycles. The van der Waals surface area contributed by atoms with Crippen molar-refractivity contribution in [3.63, 3.8) is 0 Å². The van der Waals surface area contributed by atoms with Crippen molar-refractivity contribution in [1.82, 2.24) is 4.90 Å². The van der Waals surface area contributed by atoms with Crippen molar-refractivity contribution in [1.29, 1.82) is 0 Å². The maximum absolute atomic E-state index is 14.3. The molecule has 8 nitrogen and oxygen atoms in total. The summed E-state index contributed by atoms with van der Waals surface area (Å²) in [5, 5.41) is 10.2. The lowest BCUT2D eigenvalue weighted by molar-refractivity contribution is -0.155. The van der Waals surface area contributed by atoms with Crippen molar-refractivity contribution >= 4 is 35.1 Å². The van der Waals surface area contributed by atoms with Gasteiger partial charge in [0.2, 0.25) is 5.91 Å². The fourth-order valence-electron chi connectivity index (χ4n) is 6.24. The van der Waals surface area contributed by atoms with Crippen molar-refractivity contribution in [2.24, 2.45) is 11.8 Å². The summed E-state index contributed by atoms with van der Waals surface area (Å²) in [5.74, 6) is -2.83. The summed E-state index contributed by atoms with van der Waals surface area (Å²) in [4.78, 5) is 44.1. The van der Waals surface area contributed by atoms with Crippen molar-refractivity contribution in [2.45, 2.75) is 56.8 Å². The summed E-state index contributed by atoms with van der Waals surface area (Å²) in [7, 11) is 0. The highest BCUT2D eigenvalue weighted by atomic mass is 35.5. The molecule has 3 saturated heterocycles. The molecule has 1 N–H and O–H groups in total. The van der Waals surface area contributed by atoms with E-state index in [1.165, 1.54) is 9.80 Å². The second-order valence-electron chi connectivity index (χ2n) is 9.91. The number of carbonyl (C=O) groups excluding carboxylic acids is 3. The third kappa shape index (κ3) is 4.71. The van der Waals surface area contributed by atoms with Crippen molar-refractivity contribution in [3.8, 4) is 0 Å². The van der Waals surface area contributed by atoms with Gasteiger partial charge in [-0.3, -0.25) is 14.4 Å². The Kier molecular flexibility index (Phi) is 8.41. The number of benzene rings is 1. The number of anilines is 1. The van der Waals surface area contributed by atoms with Crippen LogP contribution in [-0.4, -0.2) is 71.8 Å². The Morgan fingerprint density at radius 3 is 2.78 bits per heavy atom. The summed E-state index contributed by atoms with van der Waals surface area (Å²) < 4.78 is 12.0. The van der Waals surface area contributed by atoms with Crippen molar-refractivity contribution in [3.05, 3.63) is 54.1 Å². The zero-order chi connectivity index (χ0) is 26.7. The van der Waals surface area contributed by atoms with Crippen LogP contribution in [-0.2, 0) is 23.9 Å². The Hall–Kier alpha value is -2.68. The molecule has 0 radical (unpaired) electrons. The molecule has 0 aromatic heterocycles. The predicted molar refractivity (Wildman–Crippen MR) is 140 cm³/mol. The van der Waals surface area contributed by atoms with Gasteiger partial charge in [-0.05, 0) is 50.7 Å². The van der Waals surface area contributed by atoms with Gasteiger partial charge < -0.3 is 24.4 Å². The Morgan fingerprint density at radius 1 is 1.32 bits per heavy atom. The van der Waals surface area contributed by atoms with Gasteiger partial charge in [-0.15, -0.1) is 13.2 Å². The Morgan fingerprint density at radius 2 is 2.11 bits per heavy atom. The van der Waals surface area contributed by atoms with E-state index in [4.69, 9.17) is 21.1 Å². The summed E-state index contributed by atoms with van der Waals surface area (Å²) in [6, 6.07) is 4.36. The number of aliphatic hydroxyl groups is 1. The van der Waals surface area contributed by atoms with Gasteiger partial charge in [0.25, 0.3) is 5.91 Å². The average molecular weight is 531 g/mol. The molecule has 9 heteroatoms. The van der Waals surface area contributed by atoms with E-state index in [1.807, 2.05) is 19.1 Å². The number of carbonyl (C=O) groups is 3. The number of para-hydroxylation sites is 1. The number of likely N-dealkylation sites (tertiary alicyclic amines) is 1. The van der Waals surface area contributed by atoms with Crippen LogP contribution in [0.4, 0.5) is 5.69 Å². The summed E-state index contributed by atoms with van der Waals surface area (Å²) >= 11 is 6.52. The minimum absolute atomic E-state index is 0.0474. The molecule has 3 aliphatic rings. The van der Waals surface area contributed by atoms with E-state index in [9.17, 15) is 19.5 Å². The van der Waals surface area contributed by atoms with Crippen LogP contribution in [0.25, 0.3) is 0 Å². The molecule has 2 unspecified atom stereocenters. The standard InChI is InChI=1S/C28H35ClN2O6/c1-4-6-7-8-17-36-27(35)21-20-12-13-28(37-20)22(21)25(33)31(15-16-32)24(28)26(34)30(14-5-2)23-18(3)10-9-11-19(23)29/h4-5,9-11,20-22,24,32H,1-2,6-8,12-17H2,3H3/t20-,21+,22-,24?,28?/m0/s1. The number of halogens is 1. The molecule has 4 rings (SSSR count). The van der Waals surface area contributed by atoms with E-state index in [0.29, 0.717) is 30.0 Å². The number of β-amino-alcohol motifs (C(OH)–C–C–N with tert-alkyl or cyclic N) is 1. The van der Waals surface area contributed by atoms with E-state index in [-0.39, 0.29) is 38.1 Å². The first-order valence-electron chi connectivity index (χ1n) is 12.9. The Labute approximate surface area is 222 Å². The zero-order valence-corrected chi connectivity index (χ0v) is 22.0. The molecule has 3 heterocycles. The molecule has 2 bridgehead atoms. The molecule has 1 spiro atoms. The molecule has 1 aromatic carbocycles. The van der Waals surface area contributed by atoms with E-state index in [1.54, 1.807) is 18.2 Å². The number of hydrogen-bond donors (Lipinski definition) is 1. The summed E-state index contributed by atoms with van der Waals surface area (Å²) in [5.41, 5.74) is 0.160. The molecule has 37 heavy (non-hydrogen) atoms. The third-order valence-electron chi connectivity index (χ3n) is 7.73. The molecule has 3 fully saturated rings. The van der Waals surface area contributed by atoms with Gasteiger partial charge in [-0.25, -0.2) is 0 Å². The van der Waals surface area contributed by atoms with Gasteiger partial charge in [0.05, 0.1) is 41.9 Å². The Balaban J connectivity index is 1.67. The number of aliphatic hydroxyl groups excluding tert-OH is 1. The molecule has 0 saturated carbocycles. The number of aryl methyl sites for hydroxylation is 1. The quantitative estimate of drug-likeness (QED) is 0.253. The number of amides is 2. The van der Waals surface area contributed by atoms with Crippen LogP contribution in [0.1, 0.15) is 37.7 Å². The number of rotatable bonds is 12. The number of nitrogens with zero attached hydrogens (tertiary/aromatic N) is 2. The van der Waals surface area contributed by atoms with E-state index in [2.05, 4.69) is 13.2 Å². The number of unbranched alkanes of at least 4 members (excludes halogenated alkanes) is 2. The lowest BCUT2D eigenvalue weighted by atomic mass is 9.70. The van der Waals surface area contributed by atoms with Crippen molar-refractivity contribution < 1.29 is 29.0 Å². The first-order valence-corrected chi connectivity index (χ1v) is 13.2. The Bertz CT molecular complexity index is 1060. The lowest BCUT2D eigenvalue weighted by Crippen LogP contribution is -2.57. The van der Waals surface area contributed by atoms with Crippen LogP contribution < -0.4 is 4.90 Å². The number of hydrogen-bond acceptors (Lipinski definition) is 6. The van der Waals surface area contributed by atoms with E-state index < -0.39 is 35.6 Å². The first kappa shape index (κ1) is 27.4. The smallest absolute Gasteiger partial charge is 0.312 e. The average Bonchev–Trinajstić information content (AvgIpc) is 3.51. The van der Waals surface area contributed by atoms with Crippen molar-refractivity contribution in [2.75, 3.05) is 31.2 Å². The summed E-state index contributed by atoms with van der Waals surface area (Å²) in [6.07, 6.45) is 6.32. The lowest BCUT2D eigenvalue weighted by Gasteiger charge is -2.37. The largest absolute Gasteiger partial charge is 0.465 e. The number of allylic oxidation sites excluding steroid dienone is 1. The molecule has 3 aliphatic heterocycles. The van der Waals surface area contributed by atoms with Crippen LogP contribution in [0.5, 0.6) is 0 Å². The highest BCUT2D eigenvalue weighted by Crippen LogP contribution is 2.59. The maximum atomic E-state index is 14.3. The highest BCUT2D eigenvalue weighted by molar-refractivity contribution is 6.34. The van der Waals surface area contributed by atoms with Gasteiger partial charge in [0, 0.05) is 13.1 Å². The summed E-state index contributed by atoms with van der Waals surface area (Å²) in [6.45, 7) is 9.40. The second kappa shape index (κ2) is 11.4. The fraction of sp³-hybridized carbons (Fsp3) is 0.536.